The van der Waals surface area contributed by atoms with E-state index in [1.165, 1.54) is 11.8 Å². The number of aryl methyl sites for hydroxylation is 1. The fraction of sp³-hybridized carbons (Fsp3) is 0.316. The predicted molar refractivity (Wildman–Crippen MR) is 93.1 cm³/mol. The second kappa shape index (κ2) is 7.38. The van der Waals surface area contributed by atoms with E-state index in [1.54, 1.807) is 24.3 Å². The molecule has 1 N–H and O–H groups in total. The molecule has 2 heterocycles. The first-order valence-electron chi connectivity index (χ1n) is 8.49. The van der Waals surface area contributed by atoms with E-state index in [1.807, 2.05) is 6.07 Å². The van der Waals surface area contributed by atoms with Crippen LogP contribution in [-0.2, 0) is 11.0 Å². The molecule has 2 aromatic rings. The average molecular weight is 377 g/mol. The minimum absolute atomic E-state index is 0.0102. The van der Waals surface area contributed by atoms with Crippen LogP contribution in [0.4, 0.5) is 18.9 Å². The zero-order valence-electron chi connectivity index (χ0n) is 14.6. The molecule has 27 heavy (non-hydrogen) atoms. The summed E-state index contributed by atoms with van der Waals surface area (Å²) in [5.41, 5.74) is -0.364. The number of hydrogen-bond donors (Lipinski definition) is 1. The van der Waals surface area contributed by atoms with Gasteiger partial charge >= 0.3 is 6.18 Å². The van der Waals surface area contributed by atoms with Crippen LogP contribution in [0.3, 0.4) is 0 Å². The van der Waals surface area contributed by atoms with Gasteiger partial charge in [-0.1, -0.05) is 18.2 Å². The number of carbonyl (C=O) groups excluding carboxylic acids is 2. The molecule has 1 fully saturated rings. The molecule has 1 saturated heterocycles. The molecule has 1 aromatic heterocycles. The molecule has 1 aliphatic heterocycles. The monoisotopic (exact) mass is 377 g/mol. The van der Waals surface area contributed by atoms with Crippen molar-refractivity contribution in [3.05, 3.63) is 59.4 Å². The molecule has 1 atom stereocenters. The van der Waals surface area contributed by atoms with Crippen LogP contribution >= 0.6 is 0 Å². The van der Waals surface area contributed by atoms with Crippen molar-refractivity contribution < 1.29 is 22.8 Å². The van der Waals surface area contributed by atoms with E-state index in [-0.39, 0.29) is 17.2 Å². The maximum atomic E-state index is 12.8. The van der Waals surface area contributed by atoms with Crippen LogP contribution in [0, 0.1) is 6.92 Å². The van der Waals surface area contributed by atoms with E-state index in [0.717, 1.165) is 12.1 Å². The summed E-state index contributed by atoms with van der Waals surface area (Å²) in [6, 6.07) is 10.1. The number of amides is 2. The number of likely N-dealkylation sites (tertiary alicyclic amines) is 1. The van der Waals surface area contributed by atoms with Crippen molar-refractivity contribution in [1.82, 2.24) is 9.88 Å². The lowest BCUT2D eigenvalue weighted by atomic mass is 10.1. The van der Waals surface area contributed by atoms with Gasteiger partial charge in [0.15, 0.2) is 0 Å². The summed E-state index contributed by atoms with van der Waals surface area (Å²) in [7, 11) is 0. The molecule has 0 bridgehead atoms. The minimum Gasteiger partial charge on any atom is -0.327 e. The fourth-order valence-corrected chi connectivity index (χ4v) is 3.13. The number of hydrogen-bond acceptors (Lipinski definition) is 3. The zero-order chi connectivity index (χ0) is 19.6. The van der Waals surface area contributed by atoms with Gasteiger partial charge in [0, 0.05) is 12.2 Å². The number of benzene rings is 1. The molecule has 0 radical (unpaired) electrons. The molecule has 0 aliphatic carbocycles. The fourth-order valence-electron chi connectivity index (χ4n) is 3.13. The van der Waals surface area contributed by atoms with Crippen LogP contribution in [0.5, 0.6) is 0 Å². The van der Waals surface area contributed by atoms with Crippen molar-refractivity contribution in [3.8, 4) is 0 Å². The van der Waals surface area contributed by atoms with Gasteiger partial charge in [0.05, 0.1) is 11.3 Å². The molecule has 2 amide bonds. The second-order valence-corrected chi connectivity index (χ2v) is 6.34. The van der Waals surface area contributed by atoms with Crippen molar-refractivity contribution >= 4 is 17.5 Å². The van der Waals surface area contributed by atoms with Gasteiger partial charge in [0.1, 0.15) is 11.7 Å². The first-order chi connectivity index (χ1) is 12.8. The molecular formula is C19H18F3N3O2. The van der Waals surface area contributed by atoms with Crippen molar-refractivity contribution in [3.63, 3.8) is 0 Å². The van der Waals surface area contributed by atoms with Crippen LogP contribution in [0.15, 0.2) is 42.5 Å². The number of carbonyl (C=O) groups is 2. The third-order valence-electron chi connectivity index (χ3n) is 4.46. The summed E-state index contributed by atoms with van der Waals surface area (Å²) in [5, 5.41) is 2.77. The summed E-state index contributed by atoms with van der Waals surface area (Å²) >= 11 is 0. The molecule has 1 aliphatic rings. The molecule has 1 unspecified atom stereocenters. The lowest BCUT2D eigenvalue weighted by molar-refractivity contribution is -0.141. The number of pyridine rings is 1. The number of para-hydroxylation sites is 1. The summed E-state index contributed by atoms with van der Waals surface area (Å²) in [4.78, 5) is 30.3. The van der Waals surface area contributed by atoms with Gasteiger partial charge in [-0.05, 0) is 44.0 Å². The molecule has 3 rings (SSSR count). The third kappa shape index (κ3) is 4.10. The Morgan fingerprint density at radius 1 is 1.15 bits per heavy atom. The molecule has 0 saturated carbocycles. The maximum absolute atomic E-state index is 12.8. The first kappa shape index (κ1) is 18.9. The summed E-state index contributed by atoms with van der Waals surface area (Å²) in [6.07, 6.45) is -3.43. The second-order valence-electron chi connectivity index (χ2n) is 6.34. The largest absolute Gasteiger partial charge is 0.433 e. The Kier molecular flexibility index (Phi) is 5.16. The Morgan fingerprint density at radius 2 is 1.85 bits per heavy atom. The Hall–Kier alpha value is -2.90. The number of nitrogens with zero attached hydrogens (tertiary/aromatic N) is 2. The lowest BCUT2D eigenvalue weighted by Gasteiger charge is -2.24. The van der Waals surface area contributed by atoms with Crippen molar-refractivity contribution in [1.29, 1.82) is 0 Å². The van der Waals surface area contributed by atoms with Gasteiger partial charge in [-0.3, -0.25) is 9.59 Å². The molecule has 1 aromatic carbocycles. The zero-order valence-corrected chi connectivity index (χ0v) is 14.6. The smallest absolute Gasteiger partial charge is 0.327 e. The van der Waals surface area contributed by atoms with Gasteiger partial charge in [-0.25, -0.2) is 4.98 Å². The molecule has 0 spiro atoms. The Balaban J connectivity index is 1.78. The highest BCUT2D eigenvalue weighted by atomic mass is 19.4. The first-order valence-corrected chi connectivity index (χ1v) is 8.49. The Labute approximate surface area is 154 Å². The molecule has 142 valence electrons. The highest BCUT2D eigenvalue weighted by molar-refractivity contribution is 6.02. The van der Waals surface area contributed by atoms with Crippen LogP contribution in [0.2, 0.25) is 0 Å². The van der Waals surface area contributed by atoms with Gasteiger partial charge in [0.2, 0.25) is 5.91 Å². The van der Waals surface area contributed by atoms with Crippen molar-refractivity contribution in [2.45, 2.75) is 32.0 Å². The number of alkyl halides is 3. The minimum atomic E-state index is -4.57. The predicted octanol–water partition coefficient (Wildman–Crippen LogP) is 3.65. The summed E-state index contributed by atoms with van der Waals surface area (Å²) in [5.74, 6) is -0.802. The van der Waals surface area contributed by atoms with E-state index >= 15 is 0 Å². The van der Waals surface area contributed by atoms with Crippen LogP contribution in [0.1, 0.15) is 34.6 Å². The molecular weight excluding hydrogens is 359 g/mol. The number of nitrogens with one attached hydrogen (secondary N) is 1. The van der Waals surface area contributed by atoms with E-state index < -0.39 is 23.8 Å². The standard InChI is InChI=1S/C19H18F3N3O2/c1-12-14(9-10-16(23-12)19(20,21)22)18(27)25-11-5-8-15(25)17(26)24-13-6-3-2-4-7-13/h2-4,6-7,9-10,15H,5,8,11H2,1H3,(H,24,26). The van der Waals surface area contributed by atoms with E-state index in [2.05, 4.69) is 10.3 Å². The van der Waals surface area contributed by atoms with E-state index in [4.69, 9.17) is 0 Å². The number of halogens is 3. The van der Waals surface area contributed by atoms with Gasteiger partial charge in [-0.15, -0.1) is 0 Å². The van der Waals surface area contributed by atoms with Crippen molar-refractivity contribution in [2.75, 3.05) is 11.9 Å². The van der Waals surface area contributed by atoms with Gasteiger partial charge in [0.25, 0.3) is 5.91 Å². The van der Waals surface area contributed by atoms with Gasteiger partial charge in [-0.2, -0.15) is 13.2 Å². The van der Waals surface area contributed by atoms with Crippen LogP contribution in [0.25, 0.3) is 0 Å². The highest BCUT2D eigenvalue weighted by Crippen LogP contribution is 2.29. The van der Waals surface area contributed by atoms with E-state index in [0.29, 0.717) is 25.1 Å². The van der Waals surface area contributed by atoms with Crippen LogP contribution < -0.4 is 5.32 Å². The van der Waals surface area contributed by atoms with E-state index in [9.17, 15) is 22.8 Å². The average Bonchev–Trinajstić information content (AvgIpc) is 3.11. The van der Waals surface area contributed by atoms with Crippen molar-refractivity contribution in [2.24, 2.45) is 0 Å². The SMILES string of the molecule is Cc1nc(C(F)(F)F)ccc1C(=O)N1CCCC1C(=O)Nc1ccccc1. The number of rotatable bonds is 3. The summed E-state index contributed by atoms with van der Waals surface area (Å²) in [6.45, 7) is 1.73. The third-order valence-corrected chi connectivity index (χ3v) is 4.46. The normalized spacial score (nSPS) is 17.0. The highest BCUT2D eigenvalue weighted by Gasteiger charge is 2.37. The maximum Gasteiger partial charge on any atom is 0.433 e. The lowest BCUT2D eigenvalue weighted by Crippen LogP contribution is -2.43. The molecule has 8 heteroatoms. The Morgan fingerprint density at radius 3 is 2.48 bits per heavy atom. The number of aromatic nitrogens is 1. The molecule has 5 nitrogen and oxygen atoms in total. The van der Waals surface area contributed by atoms with Crippen LogP contribution in [-0.4, -0.2) is 34.3 Å². The van der Waals surface area contributed by atoms with Gasteiger partial charge < -0.3 is 10.2 Å². The summed E-state index contributed by atoms with van der Waals surface area (Å²) < 4.78 is 38.3. The Bertz CT molecular complexity index is 853. The quantitative estimate of drug-likeness (QED) is 0.888. The number of anilines is 1. The topological polar surface area (TPSA) is 62.3 Å².